The monoisotopic (exact) mass is 741 g/mol. The predicted octanol–water partition coefficient (Wildman–Crippen LogP) is 3.61. The van der Waals surface area contributed by atoms with Crippen molar-refractivity contribution in [2.24, 2.45) is 5.92 Å². The number of nitrogens with one attached hydrogen (secondary N) is 3. The lowest BCUT2D eigenvalue weighted by Crippen LogP contribution is -2.58. The first kappa shape index (κ1) is 37.6. The fourth-order valence-corrected chi connectivity index (χ4v) is 8.88. The number of carbonyl (C=O) groups is 5. The molecule has 0 spiro atoms. The van der Waals surface area contributed by atoms with E-state index in [0.717, 1.165) is 18.4 Å². The molecule has 2 aliphatic carbocycles. The number of rotatable bonds is 5. The van der Waals surface area contributed by atoms with Crippen LogP contribution in [0.1, 0.15) is 103 Å². The molecular weight excluding hydrogens is 690 g/mol. The van der Waals surface area contributed by atoms with Crippen molar-refractivity contribution in [3.63, 3.8) is 0 Å². The summed E-state index contributed by atoms with van der Waals surface area (Å²) in [6.45, 7) is 7.86. The molecule has 6 atom stereocenters. The van der Waals surface area contributed by atoms with E-state index in [1.54, 1.807) is 25.7 Å². The number of alkyl carbamates (subject to hydrolysis) is 1. The first-order valence-corrected chi connectivity index (χ1v) is 20.0. The van der Waals surface area contributed by atoms with Gasteiger partial charge in [0.2, 0.25) is 21.8 Å². The topological polar surface area (TPSA) is 181 Å². The normalized spacial score (nSPS) is 30.3. The van der Waals surface area contributed by atoms with E-state index < -0.39 is 80.4 Å². The van der Waals surface area contributed by atoms with E-state index >= 15 is 0 Å². The van der Waals surface area contributed by atoms with E-state index in [1.165, 1.54) is 10.5 Å². The minimum Gasteiger partial charge on any atom is -0.444 e. The highest BCUT2D eigenvalue weighted by Gasteiger charge is 2.62. The first-order valence-electron chi connectivity index (χ1n) is 18.4. The van der Waals surface area contributed by atoms with Crippen LogP contribution in [0.3, 0.4) is 0 Å². The van der Waals surface area contributed by atoms with Gasteiger partial charge in [-0.05, 0) is 76.3 Å². The van der Waals surface area contributed by atoms with E-state index in [9.17, 15) is 32.4 Å². The molecule has 1 aromatic carbocycles. The summed E-state index contributed by atoms with van der Waals surface area (Å²) in [6, 6.07) is 5.70. The Bertz CT molecular complexity index is 1720. The molecule has 14 nitrogen and oxygen atoms in total. The zero-order chi connectivity index (χ0) is 37.4. The highest BCUT2D eigenvalue weighted by molar-refractivity contribution is 7.91. The number of sulfonamides is 1. The summed E-state index contributed by atoms with van der Waals surface area (Å²) < 4.78 is 39.2. The van der Waals surface area contributed by atoms with Crippen LogP contribution >= 0.6 is 0 Å². The molecule has 52 heavy (non-hydrogen) atoms. The lowest BCUT2D eigenvalue weighted by Gasteiger charge is -2.33. The molecule has 0 bridgehead atoms. The average molecular weight is 742 g/mol. The van der Waals surface area contributed by atoms with Crippen molar-refractivity contribution in [3.05, 3.63) is 47.5 Å². The standard InChI is InChI=1S/C37H51N5O9S/c1-23-20-41(21-24-12-10-11-14-28(23)24)35(47)50-26-18-30-31(43)39-37(33(45)40-52(48,49)27-16-17-27)19-25(37)13-8-6-5-7-9-15-29(32(44)42(30)22-26)38-34(46)51-36(2,3)4/h8,10-14,23,25-27,29-30H,5-7,9,15-22H2,1-4H3,(H,38,46)(H,39,43)(H,40,45)/b13-8+/t23?,25-,26-,29+,30+,37-/m1/s1. The first-order chi connectivity index (χ1) is 24.6. The van der Waals surface area contributed by atoms with Crippen LogP contribution in [0.25, 0.3) is 0 Å². The fourth-order valence-electron chi connectivity index (χ4n) is 7.51. The van der Waals surface area contributed by atoms with Crippen molar-refractivity contribution >= 4 is 39.9 Å². The van der Waals surface area contributed by atoms with Crippen molar-refractivity contribution in [1.82, 2.24) is 25.2 Å². The van der Waals surface area contributed by atoms with Gasteiger partial charge < -0.3 is 29.9 Å². The third kappa shape index (κ3) is 8.56. The van der Waals surface area contributed by atoms with Crippen LogP contribution in [0.5, 0.6) is 0 Å². The quantitative estimate of drug-likeness (QED) is 0.380. The fraction of sp³-hybridized carbons (Fsp3) is 0.649. The Morgan fingerprint density at radius 1 is 1.02 bits per heavy atom. The summed E-state index contributed by atoms with van der Waals surface area (Å²) in [5.74, 6) is -2.39. The van der Waals surface area contributed by atoms with Crippen LogP contribution in [-0.4, -0.2) is 95.8 Å². The van der Waals surface area contributed by atoms with E-state index in [4.69, 9.17) is 9.47 Å². The molecule has 284 valence electrons. The zero-order valence-corrected chi connectivity index (χ0v) is 31.2. The van der Waals surface area contributed by atoms with E-state index in [0.29, 0.717) is 38.8 Å². The zero-order valence-electron chi connectivity index (χ0n) is 30.4. The summed E-state index contributed by atoms with van der Waals surface area (Å²) in [7, 11) is -3.90. The lowest BCUT2D eigenvalue weighted by molar-refractivity contribution is -0.141. The summed E-state index contributed by atoms with van der Waals surface area (Å²) in [6.07, 6.45) is 5.73. The number of allylic oxidation sites excluding steroid dienone is 1. The number of carbonyl (C=O) groups excluding carboxylic acids is 5. The number of ether oxygens (including phenoxy) is 2. The summed E-state index contributed by atoms with van der Waals surface area (Å²) in [5.41, 5.74) is -0.155. The number of fused-ring (bicyclic) bond motifs is 3. The van der Waals surface area contributed by atoms with Crippen LogP contribution in [0.2, 0.25) is 0 Å². The molecule has 0 aromatic heterocycles. The lowest BCUT2D eigenvalue weighted by atomic mass is 9.91. The second-order valence-electron chi connectivity index (χ2n) is 15.9. The Morgan fingerprint density at radius 2 is 1.77 bits per heavy atom. The second kappa shape index (κ2) is 14.7. The molecular formula is C37H51N5O9S. The van der Waals surface area contributed by atoms with Crippen LogP contribution in [0.15, 0.2) is 36.4 Å². The molecule has 3 N–H and O–H groups in total. The van der Waals surface area contributed by atoms with Gasteiger partial charge in [0.1, 0.15) is 29.3 Å². The number of hydrogen-bond acceptors (Lipinski definition) is 9. The maximum atomic E-state index is 14.4. The maximum Gasteiger partial charge on any atom is 0.410 e. The Labute approximate surface area is 305 Å². The van der Waals surface area contributed by atoms with Crippen LogP contribution < -0.4 is 15.4 Å². The van der Waals surface area contributed by atoms with Crippen molar-refractivity contribution in [2.45, 2.75) is 133 Å². The summed E-state index contributed by atoms with van der Waals surface area (Å²) in [5, 5.41) is 4.90. The third-order valence-corrected chi connectivity index (χ3v) is 12.3. The largest absolute Gasteiger partial charge is 0.444 e. The molecule has 3 heterocycles. The van der Waals surface area contributed by atoms with Gasteiger partial charge in [-0.25, -0.2) is 18.0 Å². The Hall–Kier alpha value is -4.14. The molecule has 1 aromatic rings. The van der Waals surface area contributed by atoms with Gasteiger partial charge in [-0.15, -0.1) is 0 Å². The van der Waals surface area contributed by atoms with E-state index in [-0.39, 0.29) is 31.7 Å². The molecule has 5 aliphatic rings. The summed E-state index contributed by atoms with van der Waals surface area (Å²) in [4.78, 5) is 71.6. The Kier molecular flexibility index (Phi) is 10.6. The minimum absolute atomic E-state index is 0.0545. The van der Waals surface area contributed by atoms with Crippen LogP contribution in [0.4, 0.5) is 9.59 Å². The van der Waals surface area contributed by atoms with Gasteiger partial charge in [-0.1, -0.05) is 56.2 Å². The highest BCUT2D eigenvalue weighted by atomic mass is 32.2. The molecule has 0 radical (unpaired) electrons. The highest BCUT2D eigenvalue weighted by Crippen LogP contribution is 2.46. The molecule has 5 amide bonds. The van der Waals surface area contributed by atoms with Crippen molar-refractivity contribution in [2.75, 3.05) is 13.1 Å². The molecule has 3 aliphatic heterocycles. The van der Waals surface area contributed by atoms with Crippen LogP contribution in [-0.2, 0) is 40.4 Å². The SMILES string of the molecule is CC1CN(C(=O)O[C@@H]2C[C@H]3C(=O)N[C@]4(C(=O)NS(=O)(=O)C5CC5)C[C@H]4/C=C/CCCCC[C@H](NC(=O)OC(C)(C)C)C(=O)N3C2)Cc2ccccc21. The summed E-state index contributed by atoms with van der Waals surface area (Å²) >= 11 is 0. The molecule has 15 heteroatoms. The van der Waals surface area contributed by atoms with Gasteiger partial charge in [-0.3, -0.25) is 19.1 Å². The van der Waals surface area contributed by atoms with Crippen molar-refractivity contribution in [1.29, 1.82) is 0 Å². The van der Waals surface area contributed by atoms with Gasteiger partial charge >= 0.3 is 12.2 Å². The van der Waals surface area contributed by atoms with Gasteiger partial charge in [0.25, 0.3) is 5.91 Å². The molecule has 3 fully saturated rings. The predicted molar refractivity (Wildman–Crippen MR) is 190 cm³/mol. The van der Waals surface area contributed by atoms with Gasteiger partial charge in [0, 0.05) is 25.4 Å². The average Bonchev–Trinajstić information content (AvgIpc) is 3.99. The molecule has 1 saturated heterocycles. The number of nitrogens with zero attached hydrogens (tertiary/aromatic N) is 2. The van der Waals surface area contributed by atoms with E-state index in [1.807, 2.05) is 43.3 Å². The number of hydrogen-bond donors (Lipinski definition) is 3. The third-order valence-electron chi connectivity index (χ3n) is 10.5. The minimum atomic E-state index is -3.90. The maximum absolute atomic E-state index is 14.4. The number of benzene rings is 1. The van der Waals surface area contributed by atoms with E-state index in [2.05, 4.69) is 15.4 Å². The molecule has 1 unspecified atom stereocenters. The van der Waals surface area contributed by atoms with Crippen molar-refractivity contribution in [3.8, 4) is 0 Å². The van der Waals surface area contributed by atoms with Gasteiger partial charge in [0.05, 0.1) is 11.8 Å². The molecule has 6 rings (SSSR count). The van der Waals surface area contributed by atoms with Gasteiger partial charge in [-0.2, -0.15) is 0 Å². The molecule has 2 saturated carbocycles. The number of amides is 5. The van der Waals surface area contributed by atoms with Gasteiger partial charge in [0.15, 0.2) is 0 Å². The second-order valence-corrected chi connectivity index (χ2v) is 17.9. The Balaban J connectivity index is 1.25. The van der Waals surface area contributed by atoms with Crippen LogP contribution in [0, 0.1) is 5.92 Å². The van der Waals surface area contributed by atoms with Crippen molar-refractivity contribution < 1.29 is 41.9 Å². The smallest absolute Gasteiger partial charge is 0.410 e. The Morgan fingerprint density at radius 3 is 2.50 bits per heavy atom.